The lowest BCUT2D eigenvalue weighted by atomic mass is 9.94. The Labute approximate surface area is 135 Å². The largest absolute Gasteiger partial charge is 0.393 e. The second-order valence-corrected chi connectivity index (χ2v) is 7.30. The molecular weight excluding hydrogens is 330 g/mol. The van der Waals surface area contributed by atoms with E-state index in [1.165, 1.54) is 31.4 Å². The fourth-order valence-electron chi connectivity index (χ4n) is 4.16. The summed E-state index contributed by atoms with van der Waals surface area (Å²) in [6.07, 6.45) is 5.77. The zero-order valence-corrected chi connectivity index (χ0v) is 14.6. The molecule has 2 fully saturated rings. The summed E-state index contributed by atoms with van der Waals surface area (Å²) in [5.41, 5.74) is 2.36. The van der Waals surface area contributed by atoms with Crippen LogP contribution in [0.25, 0.3) is 0 Å². The molecule has 1 aromatic rings. The van der Waals surface area contributed by atoms with Crippen molar-refractivity contribution >= 4 is 15.9 Å². The van der Waals surface area contributed by atoms with E-state index in [9.17, 15) is 5.11 Å². The van der Waals surface area contributed by atoms with Gasteiger partial charge in [-0.3, -0.25) is 9.58 Å². The van der Waals surface area contributed by atoms with E-state index >= 15 is 0 Å². The van der Waals surface area contributed by atoms with Crippen molar-refractivity contribution < 1.29 is 5.11 Å². The quantitative estimate of drug-likeness (QED) is 0.901. The number of likely N-dealkylation sites (tertiary alicyclic amines) is 1. The van der Waals surface area contributed by atoms with Crippen LogP contribution in [0, 0.1) is 12.8 Å². The fourth-order valence-corrected chi connectivity index (χ4v) is 4.57. The van der Waals surface area contributed by atoms with Crippen LogP contribution >= 0.6 is 15.9 Å². The van der Waals surface area contributed by atoms with Gasteiger partial charge in [0, 0.05) is 25.0 Å². The number of nitrogens with zero attached hydrogens (tertiary/aromatic N) is 3. The normalized spacial score (nSPS) is 30.4. The highest BCUT2D eigenvalue weighted by Gasteiger charge is 2.38. The van der Waals surface area contributed by atoms with Gasteiger partial charge in [0.05, 0.1) is 22.0 Å². The molecular formula is C16H26BrN3O. The molecule has 1 aliphatic heterocycles. The Hall–Kier alpha value is -0.390. The van der Waals surface area contributed by atoms with Crippen molar-refractivity contribution in [2.24, 2.45) is 5.92 Å². The summed E-state index contributed by atoms with van der Waals surface area (Å²) < 4.78 is 3.27. The van der Waals surface area contributed by atoms with Gasteiger partial charge in [-0.25, -0.2) is 0 Å². The van der Waals surface area contributed by atoms with Crippen LogP contribution in [0.15, 0.2) is 4.47 Å². The van der Waals surface area contributed by atoms with Gasteiger partial charge >= 0.3 is 0 Å². The summed E-state index contributed by atoms with van der Waals surface area (Å²) in [4.78, 5) is 2.58. The zero-order valence-electron chi connectivity index (χ0n) is 13.1. The van der Waals surface area contributed by atoms with Gasteiger partial charge in [0.15, 0.2) is 0 Å². The van der Waals surface area contributed by atoms with Gasteiger partial charge in [-0.1, -0.05) is 6.42 Å². The molecule has 0 amide bonds. The van der Waals surface area contributed by atoms with Gasteiger partial charge in [0.1, 0.15) is 0 Å². The molecule has 3 unspecified atom stereocenters. The Balaban J connectivity index is 1.77. The smallest absolute Gasteiger partial charge is 0.0739 e. The monoisotopic (exact) mass is 355 g/mol. The van der Waals surface area contributed by atoms with Crippen LogP contribution in [0.1, 0.15) is 50.4 Å². The number of hydrogen-bond acceptors (Lipinski definition) is 3. The molecule has 3 atom stereocenters. The molecule has 0 spiro atoms. The number of rotatable bonds is 4. The Morgan fingerprint density at radius 3 is 2.76 bits per heavy atom. The van der Waals surface area contributed by atoms with Crippen molar-refractivity contribution in [3.05, 3.63) is 15.9 Å². The minimum absolute atomic E-state index is 0.0862. The summed E-state index contributed by atoms with van der Waals surface area (Å²) in [7, 11) is 0. The number of hydrogen-bond donors (Lipinski definition) is 1. The first-order valence-electron chi connectivity index (χ1n) is 8.25. The highest BCUT2D eigenvalue weighted by atomic mass is 79.9. The maximum atomic E-state index is 10.2. The van der Waals surface area contributed by atoms with Crippen molar-refractivity contribution in [1.29, 1.82) is 0 Å². The van der Waals surface area contributed by atoms with Gasteiger partial charge < -0.3 is 5.11 Å². The lowest BCUT2D eigenvalue weighted by Gasteiger charge is -2.31. The van der Waals surface area contributed by atoms with Gasteiger partial charge in [0.2, 0.25) is 0 Å². The number of aromatic nitrogens is 2. The van der Waals surface area contributed by atoms with Gasteiger partial charge in [-0.05, 0) is 62.0 Å². The Bertz CT molecular complexity index is 502. The number of aliphatic hydroxyl groups excluding tert-OH is 1. The van der Waals surface area contributed by atoms with Crippen LogP contribution in [0.3, 0.4) is 0 Å². The van der Waals surface area contributed by atoms with Crippen molar-refractivity contribution in [3.63, 3.8) is 0 Å². The molecule has 5 heteroatoms. The molecule has 4 nitrogen and oxygen atoms in total. The molecule has 2 aliphatic rings. The van der Waals surface area contributed by atoms with E-state index in [2.05, 4.69) is 44.5 Å². The van der Waals surface area contributed by atoms with Crippen molar-refractivity contribution in [3.8, 4) is 0 Å². The Morgan fingerprint density at radius 2 is 2.10 bits per heavy atom. The molecule has 3 rings (SSSR count). The first-order valence-corrected chi connectivity index (χ1v) is 9.05. The Kier molecular flexibility index (Phi) is 4.71. The lowest BCUT2D eigenvalue weighted by Crippen LogP contribution is -2.39. The third-order valence-corrected chi connectivity index (χ3v) is 6.28. The minimum atomic E-state index is -0.0862. The molecule has 118 valence electrons. The third kappa shape index (κ3) is 2.92. The van der Waals surface area contributed by atoms with Crippen LogP contribution in [0.5, 0.6) is 0 Å². The number of aryl methyl sites for hydroxylation is 2. The predicted octanol–water partition coefficient (Wildman–Crippen LogP) is 3.10. The maximum Gasteiger partial charge on any atom is 0.0739 e. The van der Waals surface area contributed by atoms with Crippen LogP contribution in [0.2, 0.25) is 0 Å². The molecule has 1 saturated carbocycles. The average molecular weight is 356 g/mol. The van der Waals surface area contributed by atoms with E-state index in [-0.39, 0.29) is 6.10 Å². The molecule has 0 aromatic carbocycles. The molecule has 2 heterocycles. The van der Waals surface area contributed by atoms with E-state index in [0.29, 0.717) is 12.0 Å². The molecule has 1 saturated heterocycles. The predicted molar refractivity (Wildman–Crippen MR) is 87.1 cm³/mol. The van der Waals surface area contributed by atoms with Crippen LogP contribution < -0.4 is 0 Å². The summed E-state index contributed by atoms with van der Waals surface area (Å²) in [6.45, 7) is 7.20. The first kappa shape index (κ1) is 15.5. The second kappa shape index (κ2) is 6.39. The number of aliphatic hydroxyl groups is 1. The van der Waals surface area contributed by atoms with Gasteiger partial charge in [0.25, 0.3) is 0 Å². The summed E-state index contributed by atoms with van der Waals surface area (Å²) in [5, 5.41) is 14.8. The zero-order chi connectivity index (χ0) is 15.0. The van der Waals surface area contributed by atoms with Gasteiger partial charge in [-0.2, -0.15) is 5.10 Å². The molecule has 1 aromatic heterocycles. The summed E-state index contributed by atoms with van der Waals surface area (Å²) >= 11 is 3.71. The SMILES string of the molecule is CCn1nc(C)c(Br)c1CN1CCCC1C1CCCC1O. The molecule has 1 aliphatic carbocycles. The van der Waals surface area contributed by atoms with Crippen molar-refractivity contribution in [2.45, 2.75) is 71.2 Å². The molecule has 0 bridgehead atoms. The van der Waals surface area contributed by atoms with Crippen molar-refractivity contribution in [1.82, 2.24) is 14.7 Å². The van der Waals surface area contributed by atoms with E-state index in [0.717, 1.165) is 36.2 Å². The number of halogens is 1. The van der Waals surface area contributed by atoms with Crippen LogP contribution in [0.4, 0.5) is 0 Å². The van der Waals surface area contributed by atoms with E-state index in [4.69, 9.17) is 0 Å². The third-order valence-electron chi connectivity index (χ3n) is 5.25. The molecule has 1 N–H and O–H groups in total. The van der Waals surface area contributed by atoms with E-state index in [1.807, 2.05) is 0 Å². The standard InChI is InChI=1S/C16H26BrN3O/c1-3-20-14(16(17)11(2)18-20)10-19-9-5-7-13(19)12-6-4-8-15(12)21/h12-13,15,21H,3-10H2,1-2H3. The van der Waals surface area contributed by atoms with E-state index in [1.54, 1.807) is 0 Å². The average Bonchev–Trinajstić information content (AvgIpc) is 3.15. The summed E-state index contributed by atoms with van der Waals surface area (Å²) in [5.74, 6) is 0.477. The van der Waals surface area contributed by atoms with Crippen LogP contribution in [-0.2, 0) is 13.1 Å². The second-order valence-electron chi connectivity index (χ2n) is 6.50. The van der Waals surface area contributed by atoms with Crippen LogP contribution in [-0.4, -0.2) is 38.5 Å². The maximum absolute atomic E-state index is 10.2. The topological polar surface area (TPSA) is 41.3 Å². The minimum Gasteiger partial charge on any atom is -0.393 e. The first-order chi connectivity index (χ1) is 10.1. The fraction of sp³-hybridized carbons (Fsp3) is 0.812. The highest BCUT2D eigenvalue weighted by Crippen LogP contribution is 2.37. The summed E-state index contributed by atoms with van der Waals surface area (Å²) in [6, 6.07) is 0.551. The highest BCUT2D eigenvalue weighted by molar-refractivity contribution is 9.10. The lowest BCUT2D eigenvalue weighted by molar-refractivity contribution is 0.0708. The Morgan fingerprint density at radius 1 is 1.29 bits per heavy atom. The van der Waals surface area contributed by atoms with E-state index < -0.39 is 0 Å². The van der Waals surface area contributed by atoms with Crippen molar-refractivity contribution in [2.75, 3.05) is 6.54 Å². The van der Waals surface area contributed by atoms with Gasteiger partial charge in [-0.15, -0.1) is 0 Å². The molecule has 21 heavy (non-hydrogen) atoms. The molecule has 0 radical (unpaired) electrons.